The fourth-order valence-corrected chi connectivity index (χ4v) is 5.87. The summed E-state index contributed by atoms with van der Waals surface area (Å²) in [5.41, 5.74) is 2.07. The molecule has 194 valence electrons. The molecule has 2 amide bonds. The molecule has 2 fully saturated rings. The first-order valence-corrected chi connectivity index (χ1v) is 13.0. The van der Waals surface area contributed by atoms with Crippen molar-refractivity contribution >= 4 is 12.0 Å². The van der Waals surface area contributed by atoms with Crippen molar-refractivity contribution in [3.05, 3.63) is 78.2 Å². The highest BCUT2D eigenvalue weighted by Crippen LogP contribution is 2.40. The Morgan fingerprint density at radius 1 is 1.03 bits per heavy atom. The number of hydrogen-bond donors (Lipinski definition) is 2. The standard InChI is InChI=1S/C29H34N4O4/c1-29(37)15-9-8-14-24(29)33-20-30-25(26(33)22-12-6-3-7-13-22)27(34)32-17-16-31(28(35)36)19-23(32)18-21-10-4-2-5-11-21/h2-7,10-13,20,23-24,37H,8-9,14-19H2,1H3,(H,35,36)/t23-,24?,29?/m1/s1. The molecule has 1 aromatic heterocycles. The van der Waals surface area contributed by atoms with Gasteiger partial charge in [-0.05, 0) is 31.7 Å². The highest BCUT2D eigenvalue weighted by atomic mass is 16.4. The second kappa shape index (κ2) is 10.4. The van der Waals surface area contributed by atoms with Crippen LogP contribution in [0.1, 0.15) is 54.7 Å². The van der Waals surface area contributed by atoms with E-state index >= 15 is 0 Å². The van der Waals surface area contributed by atoms with Gasteiger partial charge in [-0.25, -0.2) is 9.78 Å². The van der Waals surface area contributed by atoms with Gasteiger partial charge < -0.3 is 24.6 Å². The summed E-state index contributed by atoms with van der Waals surface area (Å²) >= 11 is 0. The predicted octanol–water partition coefficient (Wildman–Crippen LogP) is 4.46. The molecule has 1 aliphatic carbocycles. The summed E-state index contributed by atoms with van der Waals surface area (Å²) in [7, 11) is 0. The third-order valence-electron chi connectivity index (χ3n) is 7.84. The molecule has 2 heterocycles. The summed E-state index contributed by atoms with van der Waals surface area (Å²) in [6.07, 6.45) is 4.76. The van der Waals surface area contributed by atoms with Gasteiger partial charge in [0, 0.05) is 25.2 Å². The number of carboxylic acid groups (broad SMARTS) is 1. The third kappa shape index (κ3) is 5.11. The van der Waals surface area contributed by atoms with Gasteiger partial charge in [0.1, 0.15) is 0 Å². The van der Waals surface area contributed by atoms with Crippen LogP contribution in [0.5, 0.6) is 0 Å². The number of carbonyl (C=O) groups is 2. The molecule has 2 aromatic carbocycles. The minimum Gasteiger partial charge on any atom is -0.465 e. The lowest BCUT2D eigenvalue weighted by molar-refractivity contribution is -0.0243. The molecule has 1 saturated carbocycles. The molecule has 2 aliphatic rings. The van der Waals surface area contributed by atoms with E-state index in [0.717, 1.165) is 30.4 Å². The minimum atomic E-state index is -0.973. The molecule has 2 unspecified atom stereocenters. The van der Waals surface area contributed by atoms with Crippen LogP contribution in [0.15, 0.2) is 67.0 Å². The number of benzene rings is 2. The Bertz CT molecular complexity index is 1240. The third-order valence-corrected chi connectivity index (χ3v) is 7.84. The summed E-state index contributed by atoms with van der Waals surface area (Å²) < 4.78 is 1.99. The van der Waals surface area contributed by atoms with Gasteiger partial charge in [0.05, 0.1) is 29.7 Å². The number of carbonyl (C=O) groups excluding carboxylic acids is 1. The molecular weight excluding hydrogens is 468 g/mol. The van der Waals surface area contributed by atoms with Crippen molar-refractivity contribution in [3.8, 4) is 11.3 Å². The van der Waals surface area contributed by atoms with E-state index in [1.165, 1.54) is 4.90 Å². The molecule has 2 N–H and O–H groups in total. The van der Waals surface area contributed by atoms with Crippen LogP contribution in [0.4, 0.5) is 4.79 Å². The van der Waals surface area contributed by atoms with Crippen LogP contribution in [0.2, 0.25) is 0 Å². The van der Waals surface area contributed by atoms with Crippen molar-refractivity contribution in [2.75, 3.05) is 19.6 Å². The fraction of sp³-hybridized carbons (Fsp3) is 0.414. The van der Waals surface area contributed by atoms with Crippen LogP contribution in [-0.4, -0.2) is 72.8 Å². The zero-order valence-electron chi connectivity index (χ0n) is 21.2. The Labute approximate surface area is 217 Å². The van der Waals surface area contributed by atoms with Crippen molar-refractivity contribution in [2.45, 2.75) is 56.7 Å². The van der Waals surface area contributed by atoms with E-state index in [0.29, 0.717) is 30.8 Å². The van der Waals surface area contributed by atoms with Crippen LogP contribution in [-0.2, 0) is 6.42 Å². The first-order valence-electron chi connectivity index (χ1n) is 13.0. The van der Waals surface area contributed by atoms with E-state index < -0.39 is 11.7 Å². The minimum absolute atomic E-state index is 0.186. The first-order chi connectivity index (χ1) is 17.8. The first kappa shape index (κ1) is 25.0. The van der Waals surface area contributed by atoms with Gasteiger partial charge in [0.25, 0.3) is 5.91 Å². The smallest absolute Gasteiger partial charge is 0.407 e. The molecule has 1 saturated heterocycles. The molecule has 0 spiro atoms. The van der Waals surface area contributed by atoms with Gasteiger partial charge in [0.15, 0.2) is 5.69 Å². The quantitative estimate of drug-likeness (QED) is 0.537. The molecule has 1 aliphatic heterocycles. The van der Waals surface area contributed by atoms with Gasteiger partial charge in [-0.2, -0.15) is 0 Å². The maximum absolute atomic E-state index is 14.2. The Hall–Kier alpha value is -3.65. The predicted molar refractivity (Wildman–Crippen MR) is 140 cm³/mol. The number of rotatable bonds is 5. The number of imidazole rings is 1. The van der Waals surface area contributed by atoms with Crippen molar-refractivity contribution in [1.82, 2.24) is 19.4 Å². The van der Waals surface area contributed by atoms with Gasteiger partial charge in [-0.3, -0.25) is 4.79 Å². The average molecular weight is 503 g/mol. The van der Waals surface area contributed by atoms with Crippen LogP contribution in [0, 0.1) is 0 Å². The molecule has 5 rings (SSSR count). The van der Waals surface area contributed by atoms with E-state index in [1.54, 1.807) is 11.2 Å². The molecular formula is C29H34N4O4. The summed E-state index contributed by atoms with van der Waals surface area (Å²) in [6.45, 7) is 2.67. The second-order valence-electron chi connectivity index (χ2n) is 10.4. The summed E-state index contributed by atoms with van der Waals surface area (Å²) in [4.78, 5) is 33.7. The number of nitrogens with zero attached hydrogens (tertiary/aromatic N) is 4. The van der Waals surface area contributed by atoms with Gasteiger partial charge in [-0.1, -0.05) is 73.5 Å². The number of amides is 2. The SMILES string of the molecule is CC1(O)CCCCC1n1cnc(C(=O)N2CCN(C(=O)O)C[C@H]2Cc2ccccc2)c1-c1ccccc1. The Morgan fingerprint density at radius 3 is 2.41 bits per heavy atom. The van der Waals surface area contributed by atoms with E-state index in [2.05, 4.69) is 4.98 Å². The summed E-state index contributed by atoms with van der Waals surface area (Å²) in [6, 6.07) is 19.1. The number of aromatic nitrogens is 2. The van der Waals surface area contributed by atoms with Crippen molar-refractivity contribution in [1.29, 1.82) is 0 Å². The van der Waals surface area contributed by atoms with Crippen LogP contribution >= 0.6 is 0 Å². The lowest BCUT2D eigenvalue weighted by atomic mass is 9.81. The van der Waals surface area contributed by atoms with Crippen molar-refractivity contribution in [3.63, 3.8) is 0 Å². The fourth-order valence-electron chi connectivity index (χ4n) is 5.87. The zero-order chi connectivity index (χ0) is 26.0. The highest BCUT2D eigenvalue weighted by molar-refractivity contribution is 5.98. The largest absolute Gasteiger partial charge is 0.465 e. The van der Waals surface area contributed by atoms with Crippen molar-refractivity contribution in [2.24, 2.45) is 0 Å². The molecule has 3 atom stereocenters. The van der Waals surface area contributed by atoms with Gasteiger partial charge >= 0.3 is 6.09 Å². The number of hydrogen-bond acceptors (Lipinski definition) is 4. The van der Waals surface area contributed by atoms with E-state index in [1.807, 2.05) is 72.2 Å². The molecule has 8 nitrogen and oxygen atoms in total. The maximum Gasteiger partial charge on any atom is 0.407 e. The van der Waals surface area contributed by atoms with E-state index in [9.17, 15) is 19.8 Å². The van der Waals surface area contributed by atoms with Crippen LogP contribution < -0.4 is 0 Å². The molecule has 0 radical (unpaired) electrons. The zero-order valence-corrected chi connectivity index (χ0v) is 21.2. The van der Waals surface area contributed by atoms with Gasteiger partial charge in [0.2, 0.25) is 0 Å². The average Bonchev–Trinajstić information content (AvgIpc) is 3.34. The number of piperazine rings is 1. The van der Waals surface area contributed by atoms with E-state index in [-0.39, 0.29) is 31.1 Å². The molecule has 37 heavy (non-hydrogen) atoms. The lowest BCUT2D eigenvalue weighted by Crippen LogP contribution is -2.57. The normalized spacial score (nSPS) is 24.2. The maximum atomic E-state index is 14.2. The van der Waals surface area contributed by atoms with Crippen LogP contribution in [0.3, 0.4) is 0 Å². The van der Waals surface area contributed by atoms with Crippen LogP contribution in [0.25, 0.3) is 11.3 Å². The lowest BCUT2D eigenvalue weighted by Gasteiger charge is -2.40. The van der Waals surface area contributed by atoms with Crippen molar-refractivity contribution < 1.29 is 19.8 Å². The topological polar surface area (TPSA) is 98.9 Å². The Balaban J connectivity index is 1.53. The number of aliphatic hydroxyl groups is 1. The van der Waals surface area contributed by atoms with E-state index in [4.69, 9.17) is 0 Å². The molecule has 3 aromatic rings. The Morgan fingerprint density at radius 2 is 1.73 bits per heavy atom. The summed E-state index contributed by atoms with van der Waals surface area (Å²) in [5, 5.41) is 20.9. The second-order valence-corrected chi connectivity index (χ2v) is 10.4. The Kier molecular flexibility index (Phi) is 7.02. The molecule has 8 heteroatoms. The monoisotopic (exact) mass is 502 g/mol. The highest BCUT2D eigenvalue weighted by Gasteiger charge is 2.40. The van der Waals surface area contributed by atoms with Gasteiger partial charge in [-0.15, -0.1) is 0 Å². The summed E-state index contributed by atoms with van der Waals surface area (Å²) in [5.74, 6) is -0.209. The molecule has 0 bridgehead atoms.